The summed E-state index contributed by atoms with van der Waals surface area (Å²) >= 11 is 0. The zero-order valence-electron chi connectivity index (χ0n) is 16.0. The zero-order chi connectivity index (χ0) is 21.4. The Hall–Kier alpha value is -2.47. The molecule has 10 nitrogen and oxygen atoms in total. The van der Waals surface area contributed by atoms with Crippen LogP contribution in [0.15, 0.2) is 27.5 Å². The number of hydrogen-bond acceptors (Lipinski definition) is 7. The van der Waals surface area contributed by atoms with Crippen LogP contribution < -0.4 is 15.4 Å². The maximum atomic E-state index is 13.2. The Morgan fingerprint density at radius 2 is 1.90 bits per heavy atom. The van der Waals surface area contributed by atoms with Crippen LogP contribution >= 0.6 is 0 Å². The predicted octanol–water partition coefficient (Wildman–Crippen LogP) is 0.301. The molecule has 160 valence electrons. The van der Waals surface area contributed by atoms with Crippen molar-refractivity contribution in [2.24, 2.45) is 28.1 Å². The number of piperidine rings is 1. The Kier molecular flexibility index (Phi) is 4.07. The van der Waals surface area contributed by atoms with Gasteiger partial charge in [0.1, 0.15) is 10.7 Å². The van der Waals surface area contributed by atoms with Crippen molar-refractivity contribution in [3.8, 4) is 0 Å². The van der Waals surface area contributed by atoms with E-state index in [4.69, 9.17) is 0 Å². The molecule has 30 heavy (non-hydrogen) atoms. The molecule has 1 unspecified atom stereocenters. The number of carbonyl (C=O) groups is 2. The van der Waals surface area contributed by atoms with Crippen molar-refractivity contribution in [2.45, 2.75) is 30.2 Å². The van der Waals surface area contributed by atoms with Crippen molar-refractivity contribution in [1.29, 1.82) is 0 Å². The normalized spacial score (nSPS) is 33.8. The van der Waals surface area contributed by atoms with Gasteiger partial charge >= 0.3 is 0 Å². The molecule has 2 saturated carbocycles. The monoisotopic (exact) mass is 452 g/mol. The molecule has 1 amide bonds. The average molecular weight is 453 g/mol. The van der Waals surface area contributed by atoms with E-state index in [9.17, 15) is 26.4 Å². The van der Waals surface area contributed by atoms with Crippen LogP contribution in [0.5, 0.6) is 0 Å². The van der Waals surface area contributed by atoms with Gasteiger partial charge in [0.25, 0.3) is 10.0 Å². The first kappa shape index (κ1) is 19.5. The Morgan fingerprint density at radius 3 is 2.63 bits per heavy atom. The summed E-state index contributed by atoms with van der Waals surface area (Å²) in [5.41, 5.74) is 0.200. The number of amidine groups is 1. The smallest absolute Gasteiger partial charge is 0.286 e. The molecule has 5 atom stereocenters. The number of hydrogen-bond donors (Lipinski definition) is 3. The molecule has 0 radical (unpaired) electrons. The number of sulfonamides is 2. The summed E-state index contributed by atoms with van der Waals surface area (Å²) in [7, 11) is -7.83. The fourth-order valence-electron chi connectivity index (χ4n) is 5.32. The summed E-state index contributed by atoms with van der Waals surface area (Å²) in [5, 5.41) is 5.73. The van der Waals surface area contributed by atoms with Crippen LogP contribution in [0.2, 0.25) is 0 Å². The van der Waals surface area contributed by atoms with Crippen LogP contribution in [-0.4, -0.2) is 46.7 Å². The molecule has 4 aliphatic rings. The lowest BCUT2D eigenvalue weighted by molar-refractivity contribution is -0.140. The highest BCUT2D eigenvalue weighted by Gasteiger charge is 2.57. The molecule has 0 aromatic heterocycles. The van der Waals surface area contributed by atoms with Crippen molar-refractivity contribution < 1.29 is 26.4 Å². The van der Waals surface area contributed by atoms with Crippen molar-refractivity contribution in [3.63, 3.8) is 0 Å². The fourth-order valence-corrected chi connectivity index (χ4v) is 7.05. The van der Waals surface area contributed by atoms with E-state index in [0.29, 0.717) is 5.92 Å². The number of fused-ring (bicyclic) bond motifs is 6. The summed E-state index contributed by atoms with van der Waals surface area (Å²) in [5.74, 6) is -2.11. The van der Waals surface area contributed by atoms with Gasteiger partial charge in [-0.15, -0.1) is 4.40 Å². The molecule has 2 aliphatic heterocycles. The number of Topliss-reactive ketones (excluding diaryl/α,β-unsaturated/α-hetero) is 1. The third kappa shape index (κ3) is 3.00. The van der Waals surface area contributed by atoms with Crippen LogP contribution in [0.3, 0.4) is 0 Å². The number of amides is 1. The first-order valence-electron chi connectivity index (χ1n) is 9.61. The highest BCUT2D eigenvalue weighted by Crippen LogP contribution is 2.51. The van der Waals surface area contributed by atoms with Gasteiger partial charge in [-0.1, -0.05) is 0 Å². The second-order valence-electron chi connectivity index (χ2n) is 8.39. The maximum absolute atomic E-state index is 13.2. The predicted molar refractivity (Wildman–Crippen MR) is 108 cm³/mol. The largest absolute Gasteiger partial charge is 0.351 e. The average Bonchev–Trinajstić information content (AvgIpc) is 3.22. The third-order valence-corrected chi connectivity index (χ3v) is 8.36. The van der Waals surface area contributed by atoms with Crippen LogP contribution in [0.4, 0.5) is 11.4 Å². The summed E-state index contributed by atoms with van der Waals surface area (Å²) in [4.78, 5) is 25.7. The van der Waals surface area contributed by atoms with Crippen molar-refractivity contribution in [3.05, 3.63) is 18.2 Å². The molecular weight excluding hydrogens is 432 g/mol. The third-order valence-electron chi connectivity index (χ3n) is 6.42. The highest BCUT2D eigenvalue weighted by molar-refractivity contribution is 7.92. The Morgan fingerprint density at radius 1 is 1.17 bits per heavy atom. The summed E-state index contributed by atoms with van der Waals surface area (Å²) in [6.07, 6.45) is 3.79. The van der Waals surface area contributed by atoms with Crippen molar-refractivity contribution >= 4 is 48.9 Å². The molecule has 2 heterocycles. The Balaban J connectivity index is 1.49. The first-order chi connectivity index (χ1) is 14.0. The van der Waals surface area contributed by atoms with Gasteiger partial charge in [-0.05, 0) is 49.3 Å². The number of nitrogens with one attached hydrogen (secondary N) is 3. The fraction of sp³-hybridized carbons (Fsp3) is 0.500. The van der Waals surface area contributed by atoms with E-state index in [-0.39, 0.29) is 45.8 Å². The molecule has 0 spiro atoms. The molecule has 5 rings (SSSR count). The SMILES string of the molecule is CS(=O)(=O)Nc1ccc2c(c1)S(=O)(=O)N=C(C1C(=O)N[C@H]3[C@@H]4CC[C@@H](C4)[C@H]3C1=O)N2. The standard InChI is InChI=1S/C18H20N4O6S2/c1-29(25,26)21-10-4-5-11-12(7-10)30(27,28)22-17(19-11)14-16(23)13-8-2-3-9(6-8)15(13)20-18(14)24/h4-5,7-9,13-15,21H,2-3,6H2,1H3,(H,19,22)(H,20,24)/t8-,9+,13+,14?,15-/m0/s1. The molecule has 1 saturated heterocycles. The first-order valence-corrected chi connectivity index (χ1v) is 12.9. The molecule has 3 fully saturated rings. The Bertz CT molecular complexity index is 1220. The summed E-state index contributed by atoms with van der Waals surface area (Å²) in [6.45, 7) is 0. The summed E-state index contributed by atoms with van der Waals surface area (Å²) in [6, 6.07) is 3.74. The minimum absolute atomic E-state index is 0.0663. The van der Waals surface area contributed by atoms with E-state index in [1.165, 1.54) is 12.1 Å². The van der Waals surface area contributed by atoms with Crippen molar-refractivity contribution in [2.75, 3.05) is 16.3 Å². The highest BCUT2D eigenvalue weighted by atomic mass is 32.2. The van der Waals surface area contributed by atoms with Gasteiger partial charge in [-0.2, -0.15) is 8.42 Å². The minimum Gasteiger partial charge on any atom is -0.351 e. The van der Waals surface area contributed by atoms with E-state index in [1.807, 2.05) is 0 Å². The van der Waals surface area contributed by atoms with E-state index < -0.39 is 31.9 Å². The molecule has 12 heteroatoms. The topological polar surface area (TPSA) is 151 Å². The number of nitrogens with zero attached hydrogens (tertiary/aromatic N) is 1. The van der Waals surface area contributed by atoms with Gasteiger partial charge in [-0.3, -0.25) is 14.3 Å². The number of carbonyl (C=O) groups excluding carboxylic acids is 2. The lowest BCUT2D eigenvalue weighted by Gasteiger charge is -2.38. The number of ketones is 1. The molecule has 1 aromatic rings. The summed E-state index contributed by atoms with van der Waals surface area (Å²) < 4.78 is 54.3. The quantitative estimate of drug-likeness (QED) is 0.558. The number of benzene rings is 1. The molecule has 2 bridgehead atoms. The van der Waals surface area contributed by atoms with E-state index in [2.05, 4.69) is 19.8 Å². The number of rotatable bonds is 3. The van der Waals surface area contributed by atoms with Gasteiger partial charge in [0.2, 0.25) is 15.9 Å². The maximum Gasteiger partial charge on any atom is 0.286 e. The van der Waals surface area contributed by atoms with Crippen LogP contribution in [0.25, 0.3) is 0 Å². The van der Waals surface area contributed by atoms with Gasteiger partial charge in [0, 0.05) is 17.6 Å². The minimum atomic E-state index is -4.24. The van der Waals surface area contributed by atoms with Crippen LogP contribution in [-0.2, 0) is 29.6 Å². The van der Waals surface area contributed by atoms with Gasteiger partial charge in [-0.25, -0.2) is 8.42 Å². The van der Waals surface area contributed by atoms with E-state index in [0.717, 1.165) is 31.6 Å². The lowest BCUT2D eigenvalue weighted by Crippen LogP contribution is -2.60. The number of anilines is 2. The van der Waals surface area contributed by atoms with Crippen LogP contribution in [0.1, 0.15) is 19.3 Å². The van der Waals surface area contributed by atoms with E-state index >= 15 is 0 Å². The van der Waals surface area contributed by atoms with Crippen LogP contribution in [0, 0.1) is 23.7 Å². The second kappa shape index (κ2) is 6.27. The van der Waals surface area contributed by atoms with E-state index in [1.54, 1.807) is 0 Å². The van der Waals surface area contributed by atoms with Gasteiger partial charge in [0.15, 0.2) is 11.7 Å². The molecule has 1 aromatic carbocycles. The zero-order valence-corrected chi connectivity index (χ0v) is 17.6. The Labute approximate surface area is 173 Å². The lowest BCUT2D eigenvalue weighted by atomic mass is 9.74. The molecule has 2 aliphatic carbocycles. The van der Waals surface area contributed by atoms with Gasteiger partial charge < -0.3 is 10.6 Å². The van der Waals surface area contributed by atoms with Gasteiger partial charge in [0.05, 0.1) is 11.9 Å². The molecular formula is C18H20N4O6S2. The second-order valence-corrected chi connectivity index (χ2v) is 11.7. The van der Waals surface area contributed by atoms with Crippen molar-refractivity contribution in [1.82, 2.24) is 5.32 Å². The molecule has 3 N–H and O–H groups in total.